The predicted octanol–water partition coefficient (Wildman–Crippen LogP) is 7.05. The fourth-order valence-electron chi connectivity index (χ4n) is 4.28. The Kier molecular flexibility index (Phi) is 5.76. The molecule has 0 N–H and O–H groups in total. The van der Waals surface area contributed by atoms with E-state index in [1.54, 1.807) is 18.4 Å². The third kappa shape index (κ3) is 4.06. The van der Waals surface area contributed by atoms with Gasteiger partial charge in [-0.1, -0.05) is 60.7 Å². The molecule has 0 radical (unpaired) electrons. The summed E-state index contributed by atoms with van der Waals surface area (Å²) in [6.45, 7) is 2.05. The molecule has 0 amide bonds. The fraction of sp³-hybridized carbons (Fsp3) is 0.103. The number of hydrogen-bond donors (Lipinski definition) is 0. The Morgan fingerprint density at radius 3 is 2.24 bits per heavy atom. The van der Waals surface area contributed by atoms with Crippen molar-refractivity contribution < 1.29 is 9.53 Å². The van der Waals surface area contributed by atoms with Gasteiger partial charge in [0.15, 0.2) is 5.78 Å². The molecule has 2 aliphatic carbocycles. The van der Waals surface area contributed by atoms with Crippen molar-refractivity contribution in [3.8, 4) is 28.1 Å². The van der Waals surface area contributed by atoms with E-state index >= 15 is 0 Å². The number of methoxy groups -OCH3 is 1. The van der Waals surface area contributed by atoms with E-state index in [1.165, 1.54) is 0 Å². The first-order chi connectivity index (χ1) is 16.2. The standard InChI is InChI=1S/C29H23NO2S/c1-19-25(17-27-30-26(18-33-27)20-9-5-3-6-10-20)23-11-7-4-8-12-24(23)28(19)29(31)21-13-15-22(32-2)16-14-21/h3-16,18H,17H2,1-2H3. The number of carbonyl (C=O) groups excluding carboxylic acids is 1. The van der Waals surface area contributed by atoms with Crippen molar-refractivity contribution >= 4 is 17.1 Å². The van der Waals surface area contributed by atoms with Crippen molar-refractivity contribution in [2.75, 3.05) is 7.11 Å². The molecule has 1 heterocycles. The van der Waals surface area contributed by atoms with E-state index in [0.717, 1.165) is 49.8 Å². The normalized spacial score (nSPS) is 11.0. The number of aromatic nitrogens is 1. The average Bonchev–Trinajstić information content (AvgIpc) is 3.33. The Bertz CT molecular complexity index is 1390. The van der Waals surface area contributed by atoms with Crippen LogP contribution in [0.1, 0.15) is 32.1 Å². The molecule has 0 aliphatic heterocycles. The zero-order valence-electron chi connectivity index (χ0n) is 18.5. The van der Waals surface area contributed by atoms with Gasteiger partial charge >= 0.3 is 0 Å². The molecule has 0 spiro atoms. The zero-order chi connectivity index (χ0) is 22.8. The molecule has 3 nitrogen and oxygen atoms in total. The van der Waals surface area contributed by atoms with Crippen molar-refractivity contribution in [2.45, 2.75) is 13.3 Å². The zero-order valence-corrected chi connectivity index (χ0v) is 19.4. The summed E-state index contributed by atoms with van der Waals surface area (Å²) < 4.78 is 5.25. The first-order valence-corrected chi connectivity index (χ1v) is 11.7. The Balaban J connectivity index is 1.56. The lowest BCUT2D eigenvalue weighted by molar-refractivity contribution is 0.103. The third-order valence-electron chi connectivity index (χ3n) is 5.99. The van der Waals surface area contributed by atoms with Crippen LogP contribution in [0.25, 0.3) is 22.4 Å². The largest absolute Gasteiger partial charge is 0.497 e. The van der Waals surface area contributed by atoms with E-state index in [1.807, 2.05) is 66.7 Å². The highest BCUT2D eigenvalue weighted by Gasteiger charge is 2.25. The molecule has 33 heavy (non-hydrogen) atoms. The minimum Gasteiger partial charge on any atom is -0.497 e. The van der Waals surface area contributed by atoms with Gasteiger partial charge in [-0.2, -0.15) is 0 Å². The van der Waals surface area contributed by atoms with Crippen molar-refractivity contribution in [1.82, 2.24) is 4.98 Å². The number of carbonyl (C=O) groups is 1. The maximum atomic E-state index is 13.6. The van der Waals surface area contributed by atoms with Crippen LogP contribution in [-0.2, 0) is 6.42 Å². The van der Waals surface area contributed by atoms with Gasteiger partial charge in [0.25, 0.3) is 0 Å². The summed E-state index contributed by atoms with van der Waals surface area (Å²) in [5.41, 5.74) is 7.79. The summed E-state index contributed by atoms with van der Waals surface area (Å²) >= 11 is 1.66. The molecular formula is C29H23NO2S. The van der Waals surface area contributed by atoms with Gasteiger partial charge < -0.3 is 4.74 Å². The number of ketones is 1. The highest BCUT2D eigenvalue weighted by atomic mass is 32.1. The van der Waals surface area contributed by atoms with E-state index in [2.05, 4.69) is 30.5 Å². The number of thiazole rings is 1. The van der Waals surface area contributed by atoms with Crippen molar-refractivity contribution in [1.29, 1.82) is 0 Å². The quantitative estimate of drug-likeness (QED) is 0.261. The summed E-state index contributed by atoms with van der Waals surface area (Å²) in [7, 11) is 1.62. The maximum absolute atomic E-state index is 13.6. The van der Waals surface area contributed by atoms with Crippen LogP contribution in [0.15, 0.2) is 90.3 Å². The average molecular weight is 450 g/mol. The Labute approximate surface area is 197 Å². The van der Waals surface area contributed by atoms with Crippen LogP contribution in [-0.4, -0.2) is 17.9 Å². The predicted molar refractivity (Wildman–Crippen MR) is 135 cm³/mol. The molecule has 0 saturated carbocycles. The summed E-state index contributed by atoms with van der Waals surface area (Å²) in [6.07, 6.45) is 0.694. The van der Waals surface area contributed by atoms with Crippen LogP contribution in [0.5, 0.6) is 5.75 Å². The number of benzene rings is 2. The molecule has 0 bridgehead atoms. The second-order valence-electron chi connectivity index (χ2n) is 7.94. The van der Waals surface area contributed by atoms with E-state index in [4.69, 9.17) is 9.72 Å². The van der Waals surface area contributed by atoms with Crippen LogP contribution in [0, 0.1) is 6.92 Å². The minimum absolute atomic E-state index is 0.0294. The SMILES string of the molecule is COc1ccc(C(=O)c2c3cccccc-3c(Cc3nc(-c4ccccc4)cs3)c2C)cc1. The van der Waals surface area contributed by atoms with Gasteiger partial charge in [-0.05, 0) is 53.4 Å². The van der Waals surface area contributed by atoms with Gasteiger partial charge in [0.1, 0.15) is 5.75 Å². The van der Waals surface area contributed by atoms with Crippen LogP contribution < -0.4 is 4.74 Å². The Morgan fingerprint density at radius 1 is 0.879 bits per heavy atom. The summed E-state index contributed by atoms with van der Waals surface area (Å²) in [5, 5.41) is 3.15. The highest BCUT2D eigenvalue weighted by Crippen LogP contribution is 2.39. The lowest BCUT2D eigenvalue weighted by Gasteiger charge is -2.05. The van der Waals surface area contributed by atoms with E-state index in [9.17, 15) is 4.79 Å². The first kappa shape index (κ1) is 21.1. The number of rotatable bonds is 6. The molecule has 5 rings (SSSR count). The Hall–Kier alpha value is -3.76. The molecule has 3 aromatic rings. The fourth-order valence-corrected chi connectivity index (χ4v) is 5.09. The van der Waals surface area contributed by atoms with Gasteiger partial charge in [0.05, 0.1) is 17.8 Å². The maximum Gasteiger partial charge on any atom is 0.193 e. The second kappa shape index (κ2) is 9.00. The number of nitrogens with zero attached hydrogens (tertiary/aromatic N) is 1. The van der Waals surface area contributed by atoms with Gasteiger partial charge in [-0.25, -0.2) is 4.98 Å². The molecule has 0 saturated heterocycles. The third-order valence-corrected chi connectivity index (χ3v) is 6.84. The lowest BCUT2D eigenvalue weighted by atomic mass is 9.99. The smallest absolute Gasteiger partial charge is 0.193 e. The molecule has 0 atom stereocenters. The molecule has 162 valence electrons. The molecule has 1 aromatic heterocycles. The minimum atomic E-state index is 0.0294. The van der Waals surface area contributed by atoms with Gasteiger partial charge in [-0.15, -0.1) is 11.3 Å². The molecule has 0 unspecified atom stereocenters. The van der Waals surface area contributed by atoms with Gasteiger partial charge in [0.2, 0.25) is 0 Å². The molecule has 2 aliphatic rings. The first-order valence-electron chi connectivity index (χ1n) is 10.8. The van der Waals surface area contributed by atoms with Crippen molar-refractivity contribution in [2.24, 2.45) is 0 Å². The summed E-state index contributed by atoms with van der Waals surface area (Å²) in [6, 6.07) is 27.7. The number of ether oxygens (including phenoxy) is 1. The van der Waals surface area contributed by atoms with E-state index < -0.39 is 0 Å². The van der Waals surface area contributed by atoms with Crippen molar-refractivity contribution in [3.63, 3.8) is 0 Å². The molecule has 2 aromatic carbocycles. The number of fused-ring (bicyclic) bond motifs is 1. The van der Waals surface area contributed by atoms with E-state index in [0.29, 0.717) is 12.0 Å². The van der Waals surface area contributed by atoms with Crippen LogP contribution >= 0.6 is 11.3 Å². The second-order valence-corrected chi connectivity index (χ2v) is 8.89. The number of hydrogen-bond acceptors (Lipinski definition) is 4. The topological polar surface area (TPSA) is 39.2 Å². The van der Waals surface area contributed by atoms with E-state index in [-0.39, 0.29) is 5.78 Å². The highest BCUT2D eigenvalue weighted by molar-refractivity contribution is 7.10. The van der Waals surface area contributed by atoms with Gasteiger partial charge in [0, 0.05) is 28.5 Å². The Morgan fingerprint density at radius 2 is 1.55 bits per heavy atom. The molecule has 0 fully saturated rings. The summed E-state index contributed by atoms with van der Waals surface area (Å²) in [4.78, 5) is 18.5. The van der Waals surface area contributed by atoms with Crippen LogP contribution in [0.3, 0.4) is 0 Å². The summed E-state index contributed by atoms with van der Waals surface area (Å²) in [5.74, 6) is 0.766. The molecular weight excluding hydrogens is 426 g/mol. The van der Waals surface area contributed by atoms with Crippen molar-refractivity contribution in [3.05, 3.63) is 118 Å². The van der Waals surface area contributed by atoms with Gasteiger partial charge in [-0.3, -0.25) is 4.79 Å². The monoisotopic (exact) mass is 449 g/mol. The lowest BCUT2D eigenvalue weighted by Crippen LogP contribution is -2.03. The van der Waals surface area contributed by atoms with Crippen LogP contribution in [0.4, 0.5) is 0 Å². The van der Waals surface area contributed by atoms with Crippen LogP contribution in [0.2, 0.25) is 0 Å². The molecule has 4 heteroatoms.